The number of anilines is 1. The van der Waals surface area contributed by atoms with Gasteiger partial charge >= 0.3 is 0 Å². The molecule has 2 aromatic heterocycles. The molecule has 16 heavy (non-hydrogen) atoms. The number of nitrogens with zero attached hydrogens (tertiary/aromatic N) is 1. The van der Waals surface area contributed by atoms with Gasteiger partial charge in [0.2, 0.25) is 0 Å². The van der Waals surface area contributed by atoms with Crippen LogP contribution in [0.2, 0.25) is 0 Å². The smallest absolute Gasteiger partial charge is 0.266 e. The first-order chi connectivity index (χ1) is 7.79. The third-order valence-electron chi connectivity index (χ3n) is 2.14. The summed E-state index contributed by atoms with van der Waals surface area (Å²) in [6.45, 7) is 2.08. The van der Waals surface area contributed by atoms with Gasteiger partial charge in [0.25, 0.3) is 5.91 Å². The molecule has 1 amide bonds. The van der Waals surface area contributed by atoms with Crippen molar-refractivity contribution in [2.75, 3.05) is 5.32 Å². The van der Waals surface area contributed by atoms with Gasteiger partial charge in [-0.25, -0.2) is 4.98 Å². The predicted octanol–water partition coefficient (Wildman–Crippen LogP) is 2.96. The first kappa shape index (κ1) is 10.8. The van der Waals surface area contributed by atoms with Crippen molar-refractivity contribution >= 4 is 23.1 Å². The van der Waals surface area contributed by atoms with Crippen molar-refractivity contribution in [1.29, 1.82) is 0 Å². The highest BCUT2D eigenvalue weighted by Crippen LogP contribution is 2.17. The number of carbonyl (C=O) groups is 1. The fraction of sp³-hybridized carbons (Fsp3) is 0.167. The summed E-state index contributed by atoms with van der Waals surface area (Å²) in [5, 5.41) is 2.76. The molecule has 0 saturated carbocycles. The molecule has 0 fully saturated rings. The molecule has 2 heterocycles. The summed E-state index contributed by atoms with van der Waals surface area (Å²) in [7, 11) is 0. The highest BCUT2D eigenvalue weighted by atomic mass is 32.1. The van der Waals surface area contributed by atoms with E-state index >= 15 is 0 Å². The number of nitrogens with one attached hydrogen (secondary N) is 1. The topological polar surface area (TPSA) is 42.0 Å². The Labute approximate surface area is 98.2 Å². The molecule has 0 radical (unpaired) electrons. The zero-order valence-electron chi connectivity index (χ0n) is 8.93. The average molecular weight is 232 g/mol. The summed E-state index contributed by atoms with van der Waals surface area (Å²) in [6.07, 6.45) is 2.61. The Morgan fingerprint density at radius 1 is 1.38 bits per heavy atom. The van der Waals surface area contributed by atoms with Gasteiger partial charge in [0.05, 0.1) is 4.88 Å². The van der Waals surface area contributed by atoms with Crippen molar-refractivity contribution in [2.45, 2.75) is 13.3 Å². The Hall–Kier alpha value is -1.68. The Morgan fingerprint density at radius 2 is 2.25 bits per heavy atom. The molecule has 0 aromatic carbocycles. The van der Waals surface area contributed by atoms with Crippen LogP contribution in [0.4, 0.5) is 5.82 Å². The lowest BCUT2D eigenvalue weighted by Gasteiger charge is -2.00. The van der Waals surface area contributed by atoms with E-state index in [1.165, 1.54) is 16.2 Å². The first-order valence-corrected chi connectivity index (χ1v) is 5.92. The van der Waals surface area contributed by atoms with E-state index in [2.05, 4.69) is 17.2 Å². The van der Waals surface area contributed by atoms with Crippen LogP contribution in [0.1, 0.15) is 21.5 Å². The number of amides is 1. The van der Waals surface area contributed by atoms with Gasteiger partial charge < -0.3 is 5.32 Å². The largest absolute Gasteiger partial charge is 0.306 e. The fourth-order valence-electron chi connectivity index (χ4n) is 1.30. The van der Waals surface area contributed by atoms with Gasteiger partial charge in [-0.3, -0.25) is 4.79 Å². The van der Waals surface area contributed by atoms with E-state index in [-0.39, 0.29) is 5.91 Å². The van der Waals surface area contributed by atoms with Crippen molar-refractivity contribution in [3.05, 3.63) is 46.3 Å². The van der Waals surface area contributed by atoms with Crippen molar-refractivity contribution in [1.82, 2.24) is 4.98 Å². The summed E-state index contributed by atoms with van der Waals surface area (Å²) in [4.78, 5) is 17.8. The minimum atomic E-state index is -0.0941. The van der Waals surface area contributed by atoms with Crippen LogP contribution in [0.3, 0.4) is 0 Å². The molecule has 0 spiro atoms. The Balaban J connectivity index is 2.09. The third kappa shape index (κ3) is 2.46. The highest BCUT2D eigenvalue weighted by Gasteiger charge is 2.08. The van der Waals surface area contributed by atoms with E-state index in [4.69, 9.17) is 0 Å². The van der Waals surface area contributed by atoms with Crippen molar-refractivity contribution in [3.63, 3.8) is 0 Å². The van der Waals surface area contributed by atoms with Gasteiger partial charge in [-0.2, -0.15) is 0 Å². The van der Waals surface area contributed by atoms with Crippen LogP contribution in [0.25, 0.3) is 0 Å². The lowest BCUT2D eigenvalue weighted by molar-refractivity contribution is 0.103. The maximum atomic E-state index is 11.8. The molecule has 0 aliphatic rings. The van der Waals surface area contributed by atoms with E-state index < -0.39 is 0 Å². The molecule has 0 aliphatic carbocycles. The zero-order valence-corrected chi connectivity index (χ0v) is 9.75. The second-order valence-corrected chi connectivity index (χ2v) is 4.46. The maximum Gasteiger partial charge on any atom is 0.266 e. The van der Waals surface area contributed by atoms with Crippen LogP contribution in [0.5, 0.6) is 0 Å². The monoisotopic (exact) mass is 232 g/mol. The standard InChI is InChI=1S/C12H12N2OS/c1-2-9-6-7-10(16-9)12(15)14-11-5-3-4-8-13-11/h3-8H,2H2,1H3,(H,13,14,15). The number of rotatable bonds is 3. The molecule has 3 nitrogen and oxygen atoms in total. The number of pyridine rings is 1. The quantitative estimate of drug-likeness (QED) is 0.884. The molecule has 0 unspecified atom stereocenters. The van der Waals surface area contributed by atoms with Gasteiger partial charge in [-0.15, -0.1) is 11.3 Å². The lowest BCUT2D eigenvalue weighted by atomic mass is 10.3. The number of thiophene rings is 1. The minimum absolute atomic E-state index is 0.0941. The van der Waals surface area contributed by atoms with Crippen LogP contribution in [-0.4, -0.2) is 10.9 Å². The van der Waals surface area contributed by atoms with Gasteiger partial charge in [-0.05, 0) is 30.7 Å². The number of aryl methyl sites for hydroxylation is 1. The van der Waals surface area contributed by atoms with Crippen LogP contribution in [0.15, 0.2) is 36.5 Å². The Bertz CT molecular complexity index is 479. The molecular formula is C12H12N2OS. The van der Waals surface area contributed by atoms with Gasteiger partial charge in [0.15, 0.2) is 0 Å². The van der Waals surface area contributed by atoms with Gasteiger partial charge in [-0.1, -0.05) is 13.0 Å². The van der Waals surface area contributed by atoms with Crippen LogP contribution >= 0.6 is 11.3 Å². The Morgan fingerprint density at radius 3 is 2.88 bits per heavy atom. The van der Waals surface area contributed by atoms with Gasteiger partial charge in [0, 0.05) is 11.1 Å². The molecular weight excluding hydrogens is 220 g/mol. The van der Waals surface area contributed by atoms with Crippen LogP contribution < -0.4 is 5.32 Å². The summed E-state index contributed by atoms with van der Waals surface area (Å²) in [5.74, 6) is 0.488. The van der Waals surface area contributed by atoms with Crippen LogP contribution in [-0.2, 0) is 6.42 Å². The number of aromatic nitrogens is 1. The summed E-state index contributed by atoms with van der Waals surface area (Å²) in [6, 6.07) is 9.26. The third-order valence-corrected chi connectivity index (χ3v) is 3.37. The average Bonchev–Trinajstić information content (AvgIpc) is 2.79. The molecule has 0 bridgehead atoms. The molecule has 4 heteroatoms. The predicted molar refractivity (Wildman–Crippen MR) is 65.9 cm³/mol. The van der Waals surface area contributed by atoms with E-state index in [0.29, 0.717) is 5.82 Å². The zero-order chi connectivity index (χ0) is 11.4. The molecule has 2 rings (SSSR count). The van der Waals surface area contributed by atoms with E-state index in [0.717, 1.165) is 11.3 Å². The van der Waals surface area contributed by atoms with Crippen LogP contribution in [0, 0.1) is 0 Å². The maximum absolute atomic E-state index is 11.8. The normalized spacial score (nSPS) is 10.1. The van der Waals surface area contributed by atoms with Crippen molar-refractivity contribution < 1.29 is 4.79 Å². The van der Waals surface area contributed by atoms with E-state index in [9.17, 15) is 4.79 Å². The SMILES string of the molecule is CCc1ccc(C(=O)Nc2ccccn2)s1. The summed E-state index contributed by atoms with van der Waals surface area (Å²) in [5.41, 5.74) is 0. The van der Waals surface area contributed by atoms with Crippen molar-refractivity contribution in [2.24, 2.45) is 0 Å². The summed E-state index contributed by atoms with van der Waals surface area (Å²) >= 11 is 1.52. The molecule has 0 atom stereocenters. The Kier molecular flexibility index (Phi) is 3.31. The molecule has 1 N–H and O–H groups in total. The molecule has 0 aliphatic heterocycles. The molecule has 0 saturated heterocycles. The van der Waals surface area contributed by atoms with E-state index in [1.807, 2.05) is 24.3 Å². The minimum Gasteiger partial charge on any atom is -0.306 e. The lowest BCUT2D eigenvalue weighted by Crippen LogP contribution is -2.10. The summed E-state index contributed by atoms with van der Waals surface area (Å²) < 4.78 is 0. The second-order valence-electron chi connectivity index (χ2n) is 3.29. The fourth-order valence-corrected chi connectivity index (χ4v) is 2.15. The van der Waals surface area contributed by atoms with Crippen molar-refractivity contribution in [3.8, 4) is 0 Å². The first-order valence-electron chi connectivity index (χ1n) is 5.10. The van der Waals surface area contributed by atoms with Gasteiger partial charge in [0.1, 0.15) is 5.82 Å². The van der Waals surface area contributed by atoms with E-state index in [1.54, 1.807) is 12.3 Å². The highest BCUT2D eigenvalue weighted by molar-refractivity contribution is 7.14. The molecule has 82 valence electrons. The number of hydrogen-bond donors (Lipinski definition) is 1. The number of hydrogen-bond acceptors (Lipinski definition) is 3. The number of carbonyl (C=O) groups excluding carboxylic acids is 1. The second kappa shape index (κ2) is 4.90. The molecule has 2 aromatic rings.